The molecule has 0 spiro atoms. The third-order valence-electron chi connectivity index (χ3n) is 7.59. The molecule has 3 N–H and O–H groups in total. The Morgan fingerprint density at radius 3 is 2.48 bits per heavy atom. The molecular weight excluding hydrogens is 530 g/mol. The van der Waals surface area contributed by atoms with Crippen LogP contribution in [0.1, 0.15) is 35.4 Å². The van der Waals surface area contributed by atoms with Crippen LogP contribution in [-0.2, 0) is 11.3 Å². The lowest BCUT2D eigenvalue weighted by atomic mass is 9.87. The predicted molar refractivity (Wildman–Crippen MR) is 165 cm³/mol. The van der Waals surface area contributed by atoms with Crippen molar-refractivity contribution in [3.8, 4) is 17.2 Å². The Labute approximate surface area is 248 Å². The highest BCUT2D eigenvalue weighted by molar-refractivity contribution is 5.88. The molecule has 1 aliphatic heterocycles. The molecule has 0 radical (unpaired) electrons. The number of aryl methyl sites for hydroxylation is 1. The summed E-state index contributed by atoms with van der Waals surface area (Å²) in [6.07, 6.45) is 0.908. The van der Waals surface area contributed by atoms with Gasteiger partial charge in [-0.3, -0.25) is 0 Å². The molecular formula is C35H41NO6. The Kier molecular flexibility index (Phi) is 10.7. The van der Waals surface area contributed by atoms with Gasteiger partial charge in [0.25, 0.3) is 0 Å². The fraction of sp³-hybridized carbons (Fsp3) is 0.371. The van der Waals surface area contributed by atoms with Gasteiger partial charge in [-0.2, -0.15) is 0 Å². The van der Waals surface area contributed by atoms with E-state index in [0.29, 0.717) is 25.6 Å². The predicted octanol–water partition coefficient (Wildman–Crippen LogP) is 5.39. The van der Waals surface area contributed by atoms with Crippen molar-refractivity contribution in [3.63, 3.8) is 0 Å². The summed E-state index contributed by atoms with van der Waals surface area (Å²) >= 11 is 0. The average molecular weight is 572 g/mol. The van der Waals surface area contributed by atoms with E-state index in [1.54, 1.807) is 0 Å². The van der Waals surface area contributed by atoms with E-state index >= 15 is 0 Å². The lowest BCUT2D eigenvalue weighted by Gasteiger charge is -2.33. The van der Waals surface area contributed by atoms with Crippen LogP contribution in [0.3, 0.4) is 0 Å². The molecule has 42 heavy (non-hydrogen) atoms. The second-order valence-electron chi connectivity index (χ2n) is 10.8. The van der Waals surface area contributed by atoms with Gasteiger partial charge in [-0.05, 0) is 83.8 Å². The number of piperidine rings is 1. The molecule has 3 unspecified atom stereocenters. The number of fused-ring (bicyclic) bond motifs is 1. The largest absolute Gasteiger partial charge is 0.494 e. The van der Waals surface area contributed by atoms with Gasteiger partial charge in [0.1, 0.15) is 36.1 Å². The van der Waals surface area contributed by atoms with Crippen LogP contribution in [0.15, 0.2) is 84.9 Å². The SMILES string of the molecule is Cc1cc(OC2CNCCC2c2ccc(OCCCOCc3ccccc3)cc2)cc2cc(OCC(O)CO)ccc12. The van der Waals surface area contributed by atoms with Crippen LogP contribution in [0.5, 0.6) is 17.2 Å². The van der Waals surface area contributed by atoms with Crippen molar-refractivity contribution in [2.75, 3.05) is 39.5 Å². The molecule has 0 aromatic heterocycles. The smallest absolute Gasteiger partial charge is 0.120 e. The molecule has 3 atom stereocenters. The zero-order valence-electron chi connectivity index (χ0n) is 24.2. The fourth-order valence-electron chi connectivity index (χ4n) is 5.34. The number of aliphatic hydroxyl groups excluding tert-OH is 2. The standard InChI is InChI=1S/C35H41NO6/c1-25-18-32(20-28-19-31(12-13-33(25)28)41-24-29(38)22-37)42-35-21-36-15-14-34(35)27-8-10-30(11-9-27)40-17-5-16-39-23-26-6-3-2-4-7-26/h2-4,6-13,18-20,29,34-38H,5,14-17,21-24H2,1H3. The van der Waals surface area contributed by atoms with Gasteiger partial charge >= 0.3 is 0 Å². The van der Waals surface area contributed by atoms with Crippen LogP contribution in [-0.4, -0.2) is 61.9 Å². The van der Waals surface area contributed by atoms with Crippen molar-refractivity contribution < 1.29 is 29.2 Å². The summed E-state index contributed by atoms with van der Waals surface area (Å²) in [6.45, 7) is 5.41. The van der Waals surface area contributed by atoms with Gasteiger partial charge in [0.05, 0.1) is 26.4 Å². The Bertz CT molecular complexity index is 1390. The Morgan fingerprint density at radius 2 is 1.67 bits per heavy atom. The maximum Gasteiger partial charge on any atom is 0.120 e. The zero-order valence-corrected chi connectivity index (χ0v) is 24.2. The van der Waals surface area contributed by atoms with Crippen molar-refractivity contribution in [2.45, 2.75) is 44.5 Å². The van der Waals surface area contributed by atoms with E-state index in [2.05, 4.69) is 54.7 Å². The summed E-state index contributed by atoms with van der Waals surface area (Å²) in [4.78, 5) is 0. The third kappa shape index (κ3) is 8.23. The highest BCUT2D eigenvalue weighted by Gasteiger charge is 2.28. The highest BCUT2D eigenvalue weighted by Crippen LogP contribution is 2.33. The minimum Gasteiger partial charge on any atom is -0.494 e. The molecule has 1 saturated heterocycles. The van der Waals surface area contributed by atoms with E-state index in [-0.39, 0.29) is 25.2 Å². The molecule has 222 valence electrons. The van der Waals surface area contributed by atoms with Crippen molar-refractivity contribution in [2.24, 2.45) is 0 Å². The van der Waals surface area contributed by atoms with E-state index in [1.165, 1.54) is 11.1 Å². The number of hydrogen-bond acceptors (Lipinski definition) is 7. The lowest BCUT2D eigenvalue weighted by Crippen LogP contribution is -2.42. The first kappa shape index (κ1) is 29.9. The second kappa shape index (κ2) is 15.0. The van der Waals surface area contributed by atoms with E-state index < -0.39 is 6.10 Å². The minimum atomic E-state index is -0.904. The van der Waals surface area contributed by atoms with E-state index in [9.17, 15) is 5.11 Å². The number of benzene rings is 4. The van der Waals surface area contributed by atoms with E-state index in [0.717, 1.165) is 53.8 Å². The van der Waals surface area contributed by atoms with Gasteiger partial charge in [0.15, 0.2) is 0 Å². The molecule has 7 nitrogen and oxygen atoms in total. The van der Waals surface area contributed by atoms with Crippen molar-refractivity contribution in [1.82, 2.24) is 5.32 Å². The molecule has 4 aromatic carbocycles. The van der Waals surface area contributed by atoms with Crippen LogP contribution in [0.25, 0.3) is 10.8 Å². The van der Waals surface area contributed by atoms with Gasteiger partial charge in [0.2, 0.25) is 0 Å². The summed E-state index contributed by atoms with van der Waals surface area (Å²) in [5.74, 6) is 2.59. The first-order chi connectivity index (χ1) is 20.6. The van der Waals surface area contributed by atoms with E-state index in [4.69, 9.17) is 24.1 Å². The highest BCUT2D eigenvalue weighted by atomic mass is 16.5. The second-order valence-corrected chi connectivity index (χ2v) is 10.8. The maximum absolute atomic E-state index is 9.62. The van der Waals surface area contributed by atoms with Crippen LogP contribution in [0.4, 0.5) is 0 Å². The van der Waals surface area contributed by atoms with Crippen molar-refractivity contribution in [1.29, 1.82) is 0 Å². The molecule has 4 aromatic rings. The molecule has 0 aliphatic carbocycles. The fourth-order valence-corrected chi connectivity index (χ4v) is 5.34. The molecule has 1 heterocycles. The topological polar surface area (TPSA) is 89.4 Å². The first-order valence-corrected chi connectivity index (χ1v) is 14.8. The summed E-state index contributed by atoms with van der Waals surface area (Å²) in [7, 11) is 0. The molecule has 1 aliphatic rings. The average Bonchev–Trinajstić information content (AvgIpc) is 3.02. The van der Waals surface area contributed by atoms with Gasteiger partial charge in [-0.15, -0.1) is 0 Å². The van der Waals surface area contributed by atoms with Crippen LogP contribution >= 0.6 is 0 Å². The number of ether oxygens (including phenoxy) is 4. The molecule has 1 fully saturated rings. The molecule has 0 saturated carbocycles. The molecule has 5 rings (SSSR count). The normalized spacial score (nSPS) is 17.6. The summed E-state index contributed by atoms with van der Waals surface area (Å²) in [5.41, 5.74) is 3.55. The van der Waals surface area contributed by atoms with Crippen LogP contribution in [0, 0.1) is 6.92 Å². The number of rotatable bonds is 14. The van der Waals surface area contributed by atoms with E-state index in [1.807, 2.05) is 42.5 Å². The van der Waals surface area contributed by atoms with Crippen LogP contribution in [0.2, 0.25) is 0 Å². The van der Waals surface area contributed by atoms with Gasteiger partial charge < -0.3 is 34.5 Å². The Morgan fingerprint density at radius 1 is 0.881 bits per heavy atom. The molecule has 0 bridgehead atoms. The first-order valence-electron chi connectivity index (χ1n) is 14.8. The Hall–Kier alpha value is -3.62. The lowest BCUT2D eigenvalue weighted by molar-refractivity contribution is 0.0536. The number of hydrogen-bond donors (Lipinski definition) is 3. The maximum atomic E-state index is 9.62. The molecule has 7 heteroatoms. The third-order valence-corrected chi connectivity index (χ3v) is 7.59. The molecule has 0 amide bonds. The van der Waals surface area contributed by atoms with Gasteiger partial charge in [-0.1, -0.05) is 48.5 Å². The van der Waals surface area contributed by atoms with Crippen molar-refractivity contribution in [3.05, 3.63) is 102 Å². The number of nitrogens with one attached hydrogen (secondary N) is 1. The summed E-state index contributed by atoms with van der Waals surface area (Å²) in [5, 5.41) is 24.3. The van der Waals surface area contributed by atoms with Gasteiger partial charge in [0, 0.05) is 18.9 Å². The quantitative estimate of drug-likeness (QED) is 0.175. The summed E-state index contributed by atoms with van der Waals surface area (Å²) < 4.78 is 24.0. The van der Waals surface area contributed by atoms with Crippen LogP contribution < -0.4 is 19.5 Å². The monoisotopic (exact) mass is 571 g/mol. The zero-order chi connectivity index (χ0) is 29.1. The summed E-state index contributed by atoms with van der Waals surface area (Å²) in [6, 6.07) is 28.6. The minimum absolute atomic E-state index is 0.0109. The number of aliphatic hydroxyl groups is 2. The van der Waals surface area contributed by atoms with Gasteiger partial charge in [-0.25, -0.2) is 0 Å². The van der Waals surface area contributed by atoms with Crippen molar-refractivity contribution >= 4 is 10.8 Å². The Balaban J connectivity index is 1.16.